The third-order valence-corrected chi connectivity index (χ3v) is 26.7. The second-order valence-electron chi connectivity index (χ2n) is 37.9. The fourth-order valence-electron chi connectivity index (χ4n) is 17.2. The zero-order valence-electron chi connectivity index (χ0n) is 86.1. The number of hydrogen-bond acceptors (Lipinski definition) is 24. The average molecular weight is 2000 g/mol. The molecule has 12 aromatic rings. The van der Waals surface area contributed by atoms with Gasteiger partial charge in [0, 0.05) is 154 Å². The van der Waals surface area contributed by atoms with Gasteiger partial charge in [-0.1, -0.05) is 89.6 Å². The van der Waals surface area contributed by atoms with Gasteiger partial charge in [0.05, 0.1) is 117 Å². The predicted octanol–water partition coefficient (Wildman–Crippen LogP) is 10.2. The lowest BCUT2D eigenvalue weighted by molar-refractivity contribution is -0.153. The normalized spacial score (nSPS) is 13.0. The topological polar surface area (TPSA) is 430 Å². The number of primary amides is 1. The molecule has 0 saturated carbocycles. The van der Waals surface area contributed by atoms with Crippen molar-refractivity contribution < 1.29 is 66.9 Å². The fourth-order valence-corrected chi connectivity index (χ4v) is 17.2. The first kappa shape index (κ1) is 108. The maximum absolute atomic E-state index is 14.0. The highest BCUT2D eigenvalue weighted by Crippen LogP contribution is 2.38. The number of nitrogens with zero attached hydrogens (tertiary/aromatic N) is 19. The quantitative estimate of drug-likeness (QED) is 0.0221. The zero-order chi connectivity index (χ0) is 105. The van der Waals surface area contributed by atoms with Crippen molar-refractivity contribution in [2.75, 3.05) is 162 Å². The van der Waals surface area contributed by atoms with E-state index in [-0.39, 0.29) is 75.5 Å². The van der Waals surface area contributed by atoms with Gasteiger partial charge in [-0.25, -0.2) is 9.97 Å². The van der Waals surface area contributed by atoms with Crippen LogP contribution in [0.3, 0.4) is 0 Å². The van der Waals surface area contributed by atoms with E-state index in [4.69, 9.17) is 44.6 Å². The number of carbonyl (C=O) groups is 10. The summed E-state index contributed by atoms with van der Waals surface area (Å²) in [5.41, 5.74) is 26.3. The molecule has 38 heteroatoms. The lowest BCUT2D eigenvalue weighted by Crippen LogP contribution is -2.57. The molecule has 0 bridgehead atoms. The van der Waals surface area contributed by atoms with Crippen molar-refractivity contribution in [3.8, 4) is 45.0 Å². The number of H-pyrrole nitrogens is 2. The van der Waals surface area contributed by atoms with Crippen molar-refractivity contribution in [3.05, 3.63) is 238 Å². The van der Waals surface area contributed by atoms with Crippen molar-refractivity contribution in [3.63, 3.8) is 0 Å². The largest absolute Gasteiger partial charge is 0.377 e. The van der Waals surface area contributed by atoms with E-state index in [2.05, 4.69) is 95.8 Å². The van der Waals surface area contributed by atoms with Crippen LogP contribution in [0.25, 0.3) is 67.1 Å². The molecule has 0 spiro atoms. The van der Waals surface area contributed by atoms with E-state index >= 15 is 0 Å². The van der Waals surface area contributed by atoms with Gasteiger partial charge in [0.2, 0.25) is 35.4 Å². The standard InChI is InChI=1S/C109H132N24O14/c1-70(127(11)99(135)19-16-15-17-47-132-65-88(119-121-132)68-146-57-55-145-54-52-126(10)109(143)81-34-26-77(27-35-81)101-116-93-43-39-85(62-97(93)118-101)82-36-40-90-86(59-82)63-94(113-90)74-20-28-78(29-21-74)102(136)111-44-49-123(5)6)104(138)128(12)71(2)105(139)129(13)72(3)106(140)130(14)73(4)107(141)131(67-98(110)134)46-18-48-133-66-89(120-122-133)69-147-58-56-144-53-51-125(9)108(142)80-32-22-75(23-33-80)95-64-87-60-83(37-41-91(87)114-95)84-38-42-92-96(61-84)117-100(115-92)76-24-30-79(31-25-76)103(137)112-45-50-124(7)8/h20-43,59-62,65-66,70-73H,15-19,44-58,63-64,67-69H2,1-14H3,(H2,110,134)(H,111,136)(H,112,137)(H,115,117)(H,116,118)/t70-,71-,72-,73-/m0/s1. The van der Waals surface area contributed by atoms with E-state index < -0.39 is 60.2 Å². The van der Waals surface area contributed by atoms with Crippen LogP contribution in [0.4, 0.5) is 11.4 Å². The summed E-state index contributed by atoms with van der Waals surface area (Å²) in [6, 6.07) is 50.7. The minimum Gasteiger partial charge on any atom is -0.377 e. The first-order valence-electron chi connectivity index (χ1n) is 49.6. The minimum absolute atomic E-state index is 0.0805. The van der Waals surface area contributed by atoms with Gasteiger partial charge in [-0.3, -0.25) is 67.3 Å². The summed E-state index contributed by atoms with van der Waals surface area (Å²) in [7, 11) is 17.2. The van der Waals surface area contributed by atoms with Crippen LogP contribution in [0.1, 0.15) is 135 Å². The summed E-state index contributed by atoms with van der Waals surface area (Å²) >= 11 is 0. The van der Waals surface area contributed by atoms with Crippen LogP contribution >= 0.6 is 0 Å². The molecule has 6 heterocycles. The fraction of sp³-hybridized carbons (Fsp3) is 0.394. The van der Waals surface area contributed by atoms with Crippen molar-refractivity contribution in [1.29, 1.82) is 0 Å². The molecule has 0 radical (unpaired) electrons. The summed E-state index contributed by atoms with van der Waals surface area (Å²) in [6.45, 7) is 12.2. The molecule has 6 N–H and O–H groups in total. The van der Waals surface area contributed by atoms with Gasteiger partial charge in [-0.05, 0) is 217 Å². The van der Waals surface area contributed by atoms with Gasteiger partial charge in [-0.2, -0.15) is 0 Å². The van der Waals surface area contributed by atoms with Crippen LogP contribution in [0.5, 0.6) is 0 Å². The highest BCUT2D eigenvalue weighted by molar-refractivity contribution is 6.09. The number of unbranched alkanes of at least 4 members (excludes halogenated alkanes) is 2. The molecular weight excluding hydrogens is 1870 g/mol. The highest BCUT2D eigenvalue weighted by atomic mass is 16.5. The number of nitrogens with one attached hydrogen (secondary N) is 4. The Morgan fingerprint density at radius 3 is 1.19 bits per heavy atom. The van der Waals surface area contributed by atoms with E-state index in [0.29, 0.717) is 143 Å². The molecular formula is C109H132N24O14. The SMILES string of the molecule is C[C@@H](C(=O)N(C)[C@@H](C)C(=O)N(C)[C@@H](C)C(=O)N(C)[C@@H](C)C(=O)N(CCCn1cc(COCCOCCN(C)C(=O)c2ccc(C3=Nc4ccc(-c5ccc6nc(-c7ccc(C(=O)NCCN(C)C)cc7)[nH]c6c5)cc4C3)cc2)nn1)CC(N)=O)N(C)C(=O)CCCCCn1cc(COCCOCCN(C)C(=O)c2ccc(-c3nc4ccc(-c5ccc6c(c5)CC(c5ccc(C(=O)NCCN(C)C)cc5)=N6)cc4[nH]3)cc2)nn1. The number of aryl methyl sites for hydroxylation is 2. The second kappa shape index (κ2) is 50.5. The first-order valence-corrected chi connectivity index (χ1v) is 49.6. The maximum atomic E-state index is 14.0. The molecule has 772 valence electrons. The number of fused-ring (bicyclic) bond motifs is 4. The summed E-state index contributed by atoms with van der Waals surface area (Å²) < 4.78 is 26.6. The molecule has 2 aliphatic rings. The average Bonchev–Trinajstić information content (AvgIpc) is 1.64. The number of ether oxygens (including phenoxy) is 4. The number of nitrogens with two attached hydrogens (primary N) is 1. The Labute approximate surface area is 855 Å². The number of hydrogen-bond donors (Lipinski definition) is 5. The maximum Gasteiger partial charge on any atom is 0.253 e. The van der Waals surface area contributed by atoms with Crippen LogP contribution in [-0.4, -0.2) is 351 Å². The van der Waals surface area contributed by atoms with E-state index in [1.807, 2.05) is 147 Å². The number of likely N-dealkylation sites (N-methyl/N-ethyl adjacent to an activating group) is 8. The van der Waals surface area contributed by atoms with Crippen LogP contribution in [-0.2, 0) is 86.9 Å². The van der Waals surface area contributed by atoms with Gasteiger partial charge in [0.25, 0.3) is 23.6 Å². The highest BCUT2D eigenvalue weighted by Gasteiger charge is 2.37. The summed E-state index contributed by atoms with van der Waals surface area (Å²) in [5.74, 6) is -2.27. The molecule has 0 fully saturated rings. The molecule has 4 aromatic heterocycles. The monoisotopic (exact) mass is 2000 g/mol. The third kappa shape index (κ3) is 28.3. The van der Waals surface area contributed by atoms with Crippen LogP contribution in [0.2, 0.25) is 0 Å². The molecule has 0 unspecified atom stereocenters. The number of aromatic amines is 2. The number of benzene rings is 8. The van der Waals surface area contributed by atoms with Crippen molar-refractivity contribution in [2.24, 2.45) is 15.7 Å². The number of carbonyl (C=O) groups excluding carboxylic acids is 10. The summed E-state index contributed by atoms with van der Waals surface area (Å²) in [6.07, 6.45) is 7.32. The van der Waals surface area contributed by atoms with Crippen molar-refractivity contribution in [2.45, 2.75) is 123 Å². The Bertz CT molecular complexity index is 6730. The smallest absolute Gasteiger partial charge is 0.253 e. The van der Waals surface area contributed by atoms with Gasteiger partial charge in [-0.15, -0.1) is 10.2 Å². The Balaban J connectivity index is 0.422. The first-order chi connectivity index (χ1) is 70.7. The van der Waals surface area contributed by atoms with Gasteiger partial charge < -0.3 is 89.4 Å². The summed E-state index contributed by atoms with van der Waals surface area (Å²) in [4.78, 5) is 174. The minimum atomic E-state index is -1.09. The van der Waals surface area contributed by atoms with Crippen LogP contribution in [0.15, 0.2) is 192 Å². The lowest BCUT2D eigenvalue weighted by Gasteiger charge is -2.36. The van der Waals surface area contributed by atoms with Crippen LogP contribution < -0.4 is 16.4 Å². The Kier molecular flexibility index (Phi) is 37.0. The van der Waals surface area contributed by atoms with E-state index in [1.165, 1.54) is 66.4 Å². The molecule has 147 heavy (non-hydrogen) atoms. The summed E-state index contributed by atoms with van der Waals surface area (Å²) in [5, 5.41) is 22.8. The van der Waals surface area contributed by atoms with Gasteiger partial charge in [0.15, 0.2) is 0 Å². The second-order valence-corrected chi connectivity index (χ2v) is 37.9. The molecule has 38 nitrogen and oxygen atoms in total. The zero-order valence-corrected chi connectivity index (χ0v) is 86.1. The molecule has 8 aromatic carbocycles. The van der Waals surface area contributed by atoms with Gasteiger partial charge >= 0.3 is 0 Å². The number of amides is 10. The number of aliphatic imine (C=N–C) groups is 2. The van der Waals surface area contributed by atoms with Crippen LogP contribution in [0, 0.1) is 0 Å². The Morgan fingerprint density at radius 2 is 0.769 bits per heavy atom. The molecule has 0 aliphatic carbocycles. The molecule has 14 rings (SSSR count). The Morgan fingerprint density at radius 1 is 0.395 bits per heavy atom. The number of rotatable bonds is 52. The van der Waals surface area contributed by atoms with E-state index in [1.54, 1.807) is 65.6 Å². The third-order valence-electron chi connectivity index (χ3n) is 26.7. The van der Waals surface area contributed by atoms with Gasteiger partial charge in [0.1, 0.15) is 47.2 Å². The van der Waals surface area contributed by atoms with E-state index in [0.717, 1.165) is 114 Å². The molecule has 0 saturated heterocycles. The van der Waals surface area contributed by atoms with Crippen molar-refractivity contribution >= 4 is 104 Å². The molecule has 2 aliphatic heterocycles. The number of aromatic nitrogens is 10. The van der Waals surface area contributed by atoms with Crippen molar-refractivity contribution in [1.82, 2.24) is 105 Å². The molecule has 10 amide bonds. The van der Waals surface area contributed by atoms with E-state index in [9.17, 15) is 47.9 Å². The Hall–Kier alpha value is -15.2. The predicted molar refractivity (Wildman–Crippen MR) is 561 cm³/mol. The lowest BCUT2D eigenvalue weighted by atomic mass is 9.98. The molecule has 4 atom stereocenters. The number of imidazole rings is 2.